The maximum absolute atomic E-state index is 13.3. The highest BCUT2D eigenvalue weighted by Gasteiger charge is 2.23. The van der Waals surface area contributed by atoms with Crippen LogP contribution in [0.1, 0.15) is 22.0 Å². The second-order valence-corrected chi connectivity index (χ2v) is 6.49. The Balaban J connectivity index is 1.73. The molecule has 3 rings (SSSR count). The minimum Gasteiger partial charge on any atom is -0.379 e. The highest BCUT2D eigenvalue weighted by molar-refractivity contribution is 6.30. The second-order valence-electron chi connectivity index (χ2n) is 6.05. The van der Waals surface area contributed by atoms with Crippen molar-refractivity contribution in [2.24, 2.45) is 0 Å². The normalized spacial score (nSPS) is 16.3. The fourth-order valence-corrected chi connectivity index (χ4v) is 3.09. The third kappa shape index (κ3) is 4.58. The number of benzene rings is 2. The lowest BCUT2D eigenvalue weighted by Crippen LogP contribution is -2.43. The molecule has 2 aromatic rings. The third-order valence-corrected chi connectivity index (χ3v) is 4.63. The van der Waals surface area contributed by atoms with Crippen molar-refractivity contribution >= 4 is 17.5 Å². The Morgan fingerprint density at radius 3 is 2.46 bits per heavy atom. The Morgan fingerprint density at radius 1 is 1.12 bits per heavy atom. The molecule has 138 valence electrons. The van der Waals surface area contributed by atoms with Crippen LogP contribution in [0.15, 0.2) is 42.5 Å². The maximum Gasteiger partial charge on any atom is 0.251 e. The second kappa shape index (κ2) is 8.58. The molecule has 1 N–H and O–H groups in total. The zero-order valence-corrected chi connectivity index (χ0v) is 14.8. The molecule has 1 aliphatic rings. The van der Waals surface area contributed by atoms with Gasteiger partial charge in [-0.25, -0.2) is 8.78 Å². The van der Waals surface area contributed by atoms with Crippen LogP contribution in [0, 0.1) is 11.6 Å². The van der Waals surface area contributed by atoms with Gasteiger partial charge in [-0.2, -0.15) is 0 Å². The van der Waals surface area contributed by atoms with E-state index in [1.807, 2.05) is 24.3 Å². The van der Waals surface area contributed by atoms with Gasteiger partial charge in [-0.05, 0) is 35.9 Å². The maximum atomic E-state index is 13.3. The first-order chi connectivity index (χ1) is 12.5. The minimum atomic E-state index is -1.04. The molecule has 0 spiro atoms. The van der Waals surface area contributed by atoms with Gasteiger partial charge >= 0.3 is 0 Å². The molecule has 4 nitrogen and oxygen atoms in total. The minimum absolute atomic E-state index is 0.0644. The van der Waals surface area contributed by atoms with Crippen molar-refractivity contribution in [3.05, 3.63) is 70.2 Å². The van der Waals surface area contributed by atoms with Crippen molar-refractivity contribution in [2.45, 2.75) is 6.04 Å². The summed E-state index contributed by atoms with van der Waals surface area (Å²) in [5.41, 5.74) is 1.10. The van der Waals surface area contributed by atoms with Crippen LogP contribution in [0.5, 0.6) is 0 Å². The highest BCUT2D eigenvalue weighted by atomic mass is 35.5. The van der Waals surface area contributed by atoms with E-state index in [2.05, 4.69) is 10.2 Å². The number of rotatable bonds is 5. The van der Waals surface area contributed by atoms with Gasteiger partial charge in [0.2, 0.25) is 0 Å². The molecule has 7 heteroatoms. The molecule has 2 aromatic carbocycles. The van der Waals surface area contributed by atoms with Gasteiger partial charge in [0.25, 0.3) is 5.91 Å². The molecule has 1 heterocycles. The fourth-order valence-electron chi connectivity index (χ4n) is 2.96. The van der Waals surface area contributed by atoms with Crippen LogP contribution in [-0.2, 0) is 4.74 Å². The van der Waals surface area contributed by atoms with Crippen LogP contribution in [0.3, 0.4) is 0 Å². The lowest BCUT2D eigenvalue weighted by molar-refractivity contribution is 0.0162. The largest absolute Gasteiger partial charge is 0.379 e. The average molecular weight is 381 g/mol. The number of carbonyl (C=O) groups excluding carboxylic acids is 1. The van der Waals surface area contributed by atoms with E-state index in [0.717, 1.165) is 30.8 Å². The van der Waals surface area contributed by atoms with Crippen LogP contribution in [0.2, 0.25) is 5.02 Å². The molecule has 1 amide bonds. The predicted octanol–water partition coefficient (Wildman–Crippen LogP) is 3.42. The molecule has 1 unspecified atom stereocenters. The van der Waals surface area contributed by atoms with Crippen LogP contribution >= 0.6 is 11.6 Å². The molecule has 26 heavy (non-hydrogen) atoms. The molecular formula is C19H19ClF2N2O2. The van der Waals surface area contributed by atoms with E-state index in [0.29, 0.717) is 24.8 Å². The number of ether oxygens (including phenoxy) is 1. The summed E-state index contributed by atoms with van der Waals surface area (Å²) in [7, 11) is 0. The van der Waals surface area contributed by atoms with E-state index in [4.69, 9.17) is 16.3 Å². The number of carbonyl (C=O) groups is 1. The van der Waals surface area contributed by atoms with Crippen LogP contribution in [0.4, 0.5) is 8.78 Å². The molecule has 1 atom stereocenters. The number of nitrogens with zero attached hydrogens (tertiary/aromatic N) is 1. The quantitative estimate of drug-likeness (QED) is 0.864. The SMILES string of the molecule is O=C(NCC(c1ccc(Cl)cc1)N1CCOCC1)c1ccc(F)c(F)c1. The van der Waals surface area contributed by atoms with E-state index >= 15 is 0 Å². The van der Waals surface area contributed by atoms with Gasteiger partial charge in [0.15, 0.2) is 11.6 Å². The Morgan fingerprint density at radius 2 is 1.81 bits per heavy atom. The zero-order valence-electron chi connectivity index (χ0n) is 14.1. The summed E-state index contributed by atoms with van der Waals surface area (Å²) in [6, 6.07) is 10.5. The number of amides is 1. The smallest absolute Gasteiger partial charge is 0.251 e. The van der Waals surface area contributed by atoms with Gasteiger partial charge in [-0.15, -0.1) is 0 Å². The average Bonchev–Trinajstić information content (AvgIpc) is 2.66. The van der Waals surface area contributed by atoms with E-state index in [9.17, 15) is 13.6 Å². The van der Waals surface area contributed by atoms with Gasteiger partial charge in [0.1, 0.15) is 0 Å². The summed E-state index contributed by atoms with van der Waals surface area (Å²) >= 11 is 5.97. The molecule has 1 saturated heterocycles. The molecule has 0 bridgehead atoms. The molecular weight excluding hydrogens is 362 g/mol. The van der Waals surface area contributed by atoms with Crippen LogP contribution in [0.25, 0.3) is 0 Å². The van der Waals surface area contributed by atoms with E-state index in [1.54, 1.807) is 0 Å². The van der Waals surface area contributed by atoms with Crippen molar-refractivity contribution in [3.63, 3.8) is 0 Å². The van der Waals surface area contributed by atoms with Crippen LogP contribution in [-0.4, -0.2) is 43.7 Å². The third-order valence-electron chi connectivity index (χ3n) is 4.38. The van der Waals surface area contributed by atoms with Gasteiger partial charge in [0.05, 0.1) is 19.3 Å². The lowest BCUT2D eigenvalue weighted by Gasteiger charge is -2.35. The number of hydrogen-bond acceptors (Lipinski definition) is 3. The van der Waals surface area contributed by atoms with Crippen LogP contribution < -0.4 is 5.32 Å². The van der Waals surface area contributed by atoms with E-state index < -0.39 is 17.5 Å². The standard InChI is InChI=1S/C19H19ClF2N2O2/c20-15-4-1-13(2-5-15)18(24-7-9-26-10-8-24)12-23-19(25)14-3-6-16(21)17(22)11-14/h1-6,11,18H,7-10,12H2,(H,23,25). The number of halogens is 3. The molecule has 0 aliphatic carbocycles. The van der Waals surface area contributed by atoms with Crippen molar-refractivity contribution in [3.8, 4) is 0 Å². The van der Waals surface area contributed by atoms with Gasteiger partial charge < -0.3 is 10.1 Å². The van der Waals surface area contributed by atoms with E-state index in [-0.39, 0.29) is 11.6 Å². The summed E-state index contributed by atoms with van der Waals surface area (Å²) < 4.78 is 31.8. The first kappa shape index (κ1) is 18.8. The van der Waals surface area contributed by atoms with Crippen molar-refractivity contribution < 1.29 is 18.3 Å². The number of nitrogens with one attached hydrogen (secondary N) is 1. The summed E-state index contributed by atoms with van der Waals surface area (Å²) in [6.07, 6.45) is 0. The van der Waals surface area contributed by atoms with Gasteiger partial charge in [-0.3, -0.25) is 9.69 Å². The Hall–Kier alpha value is -2.02. The van der Waals surface area contributed by atoms with Gasteiger partial charge in [0, 0.05) is 30.2 Å². The summed E-state index contributed by atoms with van der Waals surface area (Å²) in [5.74, 6) is -2.47. The lowest BCUT2D eigenvalue weighted by atomic mass is 10.0. The van der Waals surface area contributed by atoms with Crippen molar-refractivity contribution in [2.75, 3.05) is 32.8 Å². The fraction of sp³-hybridized carbons (Fsp3) is 0.316. The number of hydrogen-bond donors (Lipinski definition) is 1. The summed E-state index contributed by atoms with van der Waals surface area (Å²) in [6.45, 7) is 3.07. The first-order valence-corrected chi connectivity index (χ1v) is 8.73. The number of morpholine rings is 1. The Labute approximate surface area is 155 Å². The van der Waals surface area contributed by atoms with E-state index in [1.165, 1.54) is 6.07 Å². The molecule has 0 radical (unpaired) electrons. The molecule has 0 aromatic heterocycles. The van der Waals surface area contributed by atoms with Crippen molar-refractivity contribution in [1.82, 2.24) is 10.2 Å². The summed E-state index contributed by atoms with van der Waals surface area (Å²) in [4.78, 5) is 14.5. The Bertz CT molecular complexity index is 765. The summed E-state index contributed by atoms with van der Waals surface area (Å²) in [5, 5.41) is 3.45. The Kier molecular flexibility index (Phi) is 6.19. The molecule has 1 aliphatic heterocycles. The molecule has 1 fully saturated rings. The molecule has 0 saturated carbocycles. The van der Waals surface area contributed by atoms with Gasteiger partial charge in [-0.1, -0.05) is 23.7 Å². The zero-order chi connectivity index (χ0) is 18.5. The monoisotopic (exact) mass is 380 g/mol. The first-order valence-electron chi connectivity index (χ1n) is 8.35. The highest BCUT2D eigenvalue weighted by Crippen LogP contribution is 2.23. The van der Waals surface area contributed by atoms with Crippen molar-refractivity contribution in [1.29, 1.82) is 0 Å². The predicted molar refractivity (Wildman–Crippen MR) is 95.3 cm³/mol. The topological polar surface area (TPSA) is 41.6 Å².